The molecule has 4 aromatic heterocycles. The molecule has 8 heteroatoms. The molecule has 2 N–H and O–H groups in total. The van der Waals surface area contributed by atoms with Crippen LogP contribution in [0.2, 0.25) is 0 Å². The molecule has 7 nitrogen and oxygen atoms in total. The van der Waals surface area contributed by atoms with Crippen LogP contribution in [0, 0.1) is 13.8 Å². The van der Waals surface area contributed by atoms with Crippen LogP contribution >= 0.6 is 11.3 Å². The second-order valence-corrected chi connectivity index (χ2v) is 8.01. The molecule has 0 bridgehead atoms. The van der Waals surface area contributed by atoms with Crippen LogP contribution < -0.4 is 5.73 Å². The number of carbonyl (C=O) groups is 1. The minimum atomic E-state index is -0.363. The lowest BCUT2D eigenvalue weighted by molar-refractivity contribution is 0.0699. The molecule has 1 aliphatic heterocycles. The highest BCUT2D eigenvalue weighted by Gasteiger charge is 2.37. The smallest absolute Gasteiger partial charge is 0.286 e. The summed E-state index contributed by atoms with van der Waals surface area (Å²) in [4.78, 5) is 19.2. The van der Waals surface area contributed by atoms with Crippen molar-refractivity contribution in [2.45, 2.75) is 26.3 Å². The van der Waals surface area contributed by atoms with Crippen molar-refractivity contribution < 1.29 is 13.6 Å². The molecular formula is C21H18N4O3S. The lowest BCUT2D eigenvalue weighted by Crippen LogP contribution is -2.26. The van der Waals surface area contributed by atoms with Gasteiger partial charge in [0.2, 0.25) is 0 Å². The number of carbonyl (C=O) groups excluding carboxylic acids is 1. The van der Waals surface area contributed by atoms with Gasteiger partial charge in [0, 0.05) is 17.5 Å². The Kier molecular flexibility index (Phi) is 4.02. The molecular weight excluding hydrogens is 388 g/mol. The highest BCUT2D eigenvalue weighted by Crippen LogP contribution is 2.40. The van der Waals surface area contributed by atoms with Crippen LogP contribution in [-0.4, -0.2) is 21.6 Å². The number of hydrogen-bond acceptors (Lipinski definition) is 7. The number of hydrogen-bond donors (Lipinski definition) is 1. The number of nitrogens with zero attached hydrogens (tertiary/aromatic N) is 3. The summed E-state index contributed by atoms with van der Waals surface area (Å²) in [6.07, 6.45) is 3.67. The highest BCUT2D eigenvalue weighted by molar-refractivity contribution is 7.21. The van der Waals surface area contributed by atoms with Crippen LogP contribution in [0.4, 0.5) is 5.69 Å². The summed E-state index contributed by atoms with van der Waals surface area (Å²) in [6, 6.07) is 8.87. The lowest BCUT2D eigenvalue weighted by atomic mass is 10.1. The van der Waals surface area contributed by atoms with E-state index in [1.807, 2.05) is 32.0 Å². The third-order valence-electron chi connectivity index (χ3n) is 5.01. The molecule has 0 aliphatic carbocycles. The van der Waals surface area contributed by atoms with Crippen molar-refractivity contribution in [3.05, 3.63) is 70.5 Å². The number of nitrogen functional groups attached to an aromatic ring is 1. The van der Waals surface area contributed by atoms with Gasteiger partial charge in [-0.2, -0.15) is 5.10 Å². The summed E-state index contributed by atoms with van der Waals surface area (Å²) in [5, 5.41) is 6.84. The maximum Gasteiger partial charge on any atom is 0.286 e. The molecule has 5 rings (SSSR count). The van der Waals surface area contributed by atoms with Gasteiger partial charge in [0.05, 0.1) is 18.2 Å². The highest BCUT2D eigenvalue weighted by atomic mass is 32.1. The molecule has 1 unspecified atom stereocenters. The van der Waals surface area contributed by atoms with Crippen LogP contribution in [0.15, 0.2) is 56.8 Å². The third-order valence-corrected chi connectivity index (χ3v) is 6.10. The first-order valence-corrected chi connectivity index (χ1v) is 9.99. The maximum atomic E-state index is 13.5. The number of amides is 1. The van der Waals surface area contributed by atoms with E-state index in [0.717, 1.165) is 21.5 Å². The lowest BCUT2D eigenvalue weighted by Gasteiger charge is -2.19. The molecule has 4 aromatic rings. The molecule has 1 aliphatic rings. The zero-order valence-electron chi connectivity index (χ0n) is 15.9. The zero-order valence-corrected chi connectivity index (χ0v) is 16.7. The van der Waals surface area contributed by atoms with Crippen molar-refractivity contribution in [1.29, 1.82) is 0 Å². The minimum Gasteiger partial charge on any atom is -0.467 e. The molecule has 0 spiro atoms. The number of fused-ring (bicyclic) bond motifs is 1. The fraction of sp³-hybridized carbons (Fsp3) is 0.190. The Morgan fingerprint density at radius 3 is 2.76 bits per heavy atom. The first kappa shape index (κ1) is 17.7. The normalized spacial score (nSPS) is 16.6. The standard InChI is InChI=1S/C21H18N4O3S/c1-11-9-12(2)23-20-17(11)18(22)19(29-20)21(26)25-14(16-6-4-8-28-16)10-13(24-25)15-5-3-7-27-15/h3-9,14H,10,22H2,1-2H3. The van der Waals surface area contributed by atoms with Gasteiger partial charge in [-0.05, 0) is 49.7 Å². The predicted molar refractivity (Wildman–Crippen MR) is 111 cm³/mol. The van der Waals surface area contributed by atoms with Gasteiger partial charge in [-0.15, -0.1) is 11.3 Å². The van der Waals surface area contributed by atoms with Crippen LogP contribution in [0.5, 0.6) is 0 Å². The number of furan rings is 2. The SMILES string of the molecule is Cc1cc(C)c2c(N)c(C(=O)N3N=C(c4ccco4)CC3c3ccco3)sc2n1. The van der Waals surface area contributed by atoms with Gasteiger partial charge in [-0.3, -0.25) is 4.79 Å². The summed E-state index contributed by atoms with van der Waals surface area (Å²) in [6.45, 7) is 3.90. The zero-order chi connectivity index (χ0) is 20.1. The number of anilines is 1. The second-order valence-electron chi connectivity index (χ2n) is 7.01. The van der Waals surface area contributed by atoms with E-state index in [2.05, 4.69) is 10.1 Å². The van der Waals surface area contributed by atoms with Crippen LogP contribution in [0.3, 0.4) is 0 Å². The van der Waals surface area contributed by atoms with E-state index >= 15 is 0 Å². The first-order valence-electron chi connectivity index (χ1n) is 9.17. The van der Waals surface area contributed by atoms with Gasteiger partial charge >= 0.3 is 0 Å². The molecule has 146 valence electrons. The number of nitrogens with two attached hydrogens (primary N) is 1. The van der Waals surface area contributed by atoms with Crippen molar-refractivity contribution in [1.82, 2.24) is 9.99 Å². The monoisotopic (exact) mass is 406 g/mol. The molecule has 0 saturated heterocycles. The van der Waals surface area contributed by atoms with Crippen molar-refractivity contribution in [2.24, 2.45) is 5.10 Å². The first-order chi connectivity index (χ1) is 14.0. The van der Waals surface area contributed by atoms with Gasteiger partial charge in [-0.25, -0.2) is 9.99 Å². The van der Waals surface area contributed by atoms with E-state index < -0.39 is 0 Å². The van der Waals surface area contributed by atoms with Crippen LogP contribution in [-0.2, 0) is 0 Å². The fourth-order valence-corrected chi connectivity index (χ4v) is 4.87. The van der Waals surface area contributed by atoms with Crippen molar-refractivity contribution in [3.63, 3.8) is 0 Å². The van der Waals surface area contributed by atoms with Gasteiger partial charge < -0.3 is 14.6 Å². The molecule has 5 heterocycles. The third kappa shape index (κ3) is 2.84. The second kappa shape index (κ2) is 6.59. The quantitative estimate of drug-likeness (QED) is 0.533. The Morgan fingerprint density at radius 2 is 2.03 bits per heavy atom. The number of aromatic nitrogens is 1. The largest absolute Gasteiger partial charge is 0.467 e. The molecule has 0 saturated carbocycles. The summed E-state index contributed by atoms with van der Waals surface area (Å²) in [7, 11) is 0. The van der Waals surface area contributed by atoms with Crippen LogP contribution in [0.1, 0.15) is 44.9 Å². The van der Waals surface area contributed by atoms with E-state index in [9.17, 15) is 4.79 Å². The number of rotatable bonds is 3. The molecule has 29 heavy (non-hydrogen) atoms. The Hall–Kier alpha value is -3.39. The summed E-state index contributed by atoms with van der Waals surface area (Å²) in [5.74, 6) is 1.02. The maximum absolute atomic E-state index is 13.5. The van der Waals surface area contributed by atoms with Gasteiger partial charge in [0.15, 0.2) is 0 Å². The van der Waals surface area contributed by atoms with E-state index in [1.165, 1.54) is 16.3 Å². The van der Waals surface area contributed by atoms with E-state index in [-0.39, 0.29) is 11.9 Å². The van der Waals surface area contributed by atoms with Crippen molar-refractivity contribution in [3.8, 4) is 0 Å². The fourth-order valence-electron chi connectivity index (χ4n) is 3.72. The molecule has 0 aromatic carbocycles. The Morgan fingerprint density at radius 1 is 1.24 bits per heavy atom. The summed E-state index contributed by atoms with van der Waals surface area (Å²) >= 11 is 1.29. The minimum absolute atomic E-state index is 0.273. The number of pyridine rings is 1. The van der Waals surface area contributed by atoms with E-state index in [1.54, 1.807) is 24.7 Å². The predicted octanol–water partition coefficient (Wildman–Crippen LogP) is 4.67. The number of aryl methyl sites for hydroxylation is 2. The average molecular weight is 406 g/mol. The Labute approximate surface area is 170 Å². The Balaban J connectivity index is 1.60. The summed E-state index contributed by atoms with van der Waals surface area (Å²) < 4.78 is 11.1. The van der Waals surface area contributed by atoms with Gasteiger partial charge in [0.1, 0.15) is 33.0 Å². The average Bonchev–Trinajstić information content (AvgIpc) is 3.46. The molecule has 1 amide bonds. The van der Waals surface area contributed by atoms with Crippen LogP contribution in [0.25, 0.3) is 10.2 Å². The van der Waals surface area contributed by atoms with Crippen molar-refractivity contribution in [2.75, 3.05) is 5.73 Å². The van der Waals surface area contributed by atoms with E-state index in [0.29, 0.717) is 34.2 Å². The topological polar surface area (TPSA) is 97.9 Å². The van der Waals surface area contributed by atoms with Crippen molar-refractivity contribution >= 4 is 38.9 Å². The Bertz CT molecular complexity index is 1240. The van der Waals surface area contributed by atoms with E-state index in [4.69, 9.17) is 14.6 Å². The van der Waals surface area contributed by atoms with Gasteiger partial charge in [-0.1, -0.05) is 0 Å². The number of hydrazone groups is 1. The summed E-state index contributed by atoms with van der Waals surface area (Å²) in [5.41, 5.74) is 9.41. The number of thiophene rings is 1. The molecule has 0 radical (unpaired) electrons. The molecule has 0 fully saturated rings. The molecule has 1 atom stereocenters. The van der Waals surface area contributed by atoms with Gasteiger partial charge in [0.25, 0.3) is 5.91 Å².